The lowest BCUT2D eigenvalue weighted by atomic mass is 10.1. The Morgan fingerprint density at radius 1 is 1.21 bits per heavy atom. The van der Waals surface area contributed by atoms with E-state index in [1.807, 2.05) is 32.0 Å². The summed E-state index contributed by atoms with van der Waals surface area (Å²) in [7, 11) is 0. The molecule has 1 aromatic rings. The molecule has 0 unspecified atom stereocenters. The van der Waals surface area contributed by atoms with Gasteiger partial charge in [-0.25, -0.2) is 0 Å². The van der Waals surface area contributed by atoms with E-state index in [0.29, 0.717) is 23.7 Å². The summed E-state index contributed by atoms with van der Waals surface area (Å²) in [6.45, 7) is 9.43. The van der Waals surface area contributed by atoms with Gasteiger partial charge in [-0.3, -0.25) is 9.79 Å². The van der Waals surface area contributed by atoms with Crippen molar-refractivity contribution in [2.45, 2.75) is 39.5 Å². The molecule has 1 aliphatic heterocycles. The number of likely N-dealkylation sites (tertiary alicyclic amines) is 1. The molecule has 28 heavy (non-hydrogen) atoms. The summed E-state index contributed by atoms with van der Waals surface area (Å²) in [6, 6.07) is 5.60. The van der Waals surface area contributed by atoms with Crippen molar-refractivity contribution < 1.29 is 4.79 Å². The Bertz CT molecular complexity index is 635. The number of benzene rings is 1. The van der Waals surface area contributed by atoms with Gasteiger partial charge in [0.2, 0.25) is 5.91 Å². The fourth-order valence-corrected chi connectivity index (χ4v) is 3.34. The summed E-state index contributed by atoms with van der Waals surface area (Å²) >= 11 is 6.16. The molecule has 0 aromatic heterocycles. The van der Waals surface area contributed by atoms with Crippen LogP contribution < -0.4 is 16.0 Å². The molecule has 158 valence electrons. The van der Waals surface area contributed by atoms with Crippen LogP contribution in [0, 0.1) is 6.92 Å². The highest BCUT2D eigenvalue weighted by Crippen LogP contribution is 2.22. The summed E-state index contributed by atoms with van der Waals surface area (Å²) in [5, 5.41) is 9.86. The number of guanidine groups is 1. The molecule has 0 spiro atoms. The number of anilines is 1. The molecule has 8 heteroatoms. The van der Waals surface area contributed by atoms with Crippen molar-refractivity contribution in [2.75, 3.05) is 44.6 Å². The summed E-state index contributed by atoms with van der Waals surface area (Å²) in [5.41, 5.74) is 1.71. The van der Waals surface area contributed by atoms with Gasteiger partial charge in [-0.05, 0) is 57.5 Å². The number of halogens is 2. The van der Waals surface area contributed by atoms with Gasteiger partial charge in [0.1, 0.15) is 0 Å². The largest absolute Gasteiger partial charge is 0.357 e. The lowest BCUT2D eigenvalue weighted by molar-refractivity contribution is -0.116. The smallest absolute Gasteiger partial charge is 0.226 e. The lowest BCUT2D eigenvalue weighted by Crippen LogP contribution is -2.39. The first-order valence-electron chi connectivity index (χ1n) is 9.89. The highest BCUT2D eigenvalue weighted by molar-refractivity contribution is 14.0. The van der Waals surface area contributed by atoms with Crippen molar-refractivity contribution in [1.29, 1.82) is 0 Å². The second-order valence-corrected chi connectivity index (χ2v) is 7.28. The number of carbonyl (C=O) groups is 1. The second-order valence-electron chi connectivity index (χ2n) is 6.87. The van der Waals surface area contributed by atoms with Crippen LogP contribution in [0.15, 0.2) is 23.2 Å². The van der Waals surface area contributed by atoms with Gasteiger partial charge in [-0.15, -0.1) is 24.0 Å². The predicted octanol–water partition coefficient (Wildman–Crippen LogP) is 3.64. The van der Waals surface area contributed by atoms with E-state index in [2.05, 4.69) is 25.8 Å². The van der Waals surface area contributed by atoms with Crippen LogP contribution in [0.2, 0.25) is 5.02 Å². The number of amides is 1. The minimum atomic E-state index is -0.0718. The minimum Gasteiger partial charge on any atom is -0.357 e. The molecule has 0 bridgehead atoms. The molecule has 1 heterocycles. The number of piperidine rings is 1. The number of aliphatic imine (C=N–C) groups is 1. The van der Waals surface area contributed by atoms with E-state index < -0.39 is 0 Å². The third kappa shape index (κ3) is 9.43. The second kappa shape index (κ2) is 14.0. The molecular formula is C20H33ClIN5O. The van der Waals surface area contributed by atoms with Gasteiger partial charge in [0.25, 0.3) is 0 Å². The zero-order chi connectivity index (χ0) is 19.5. The average Bonchev–Trinajstić information content (AvgIpc) is 2.65. The average molecular weight is 522 g/mol. The van der Waals surface area contributed by atoms with E-state index in [-0.39, 0.29) is 29.9 Å². The third-order valence-electron chi connectivity index (χ3n) is 4.52. The van der Waals surface area contributed by atoms with E-state index in [1.54, 1.807) is 0 Å². The van der Waals surface area contributed by atoms with Crippen molar-refractivity contribution in [2.24, 2.45) is 4.99 Å². The molecule has 0 saturated carbocycles. The Kier molecular flexibility index (Phi) is 12.5. The first-order valence-corrected chi connectivity index (χ1v) is 10.3. The summed E-state index contributed by atoms with van der Waals surface area (Å²) in [5.74, 6) is 0.688. The van der Waals surface area contributed by atoms with Gasteiger partial charge >= 0.3 is 0 Å². The van der Waals surface area contributed by atoms with Gasteiger partial charge in [0, 0.05) is 26.1 Å². The first kappa shape index (κ1) is 25.0. The molecule has 0 radical (unpaired) electrons. The molecule has 1 aliphatic rings. The fraction of sp³-hybridized carbons (Fsp3) is 0.600. The molecular weight excluding hydrogens is 489 g/mol. The van der Waals surface area contributed by atoms with Crippen LogP contribution in [0.5, 0.6) is 0 Å². The quantitative estimate of drug-likeness (QED) is 0.278. The fourth-order valence-electron chi connectivity index (χ4n) is 3.06. The number of nitrogens with zero attached hydrogens (tertiary/aromatic N) is 2. The van der Waals surface area contributed by atoms with Crippen molar-refractivity contribution in [1.82, 2.24) is 15.5 Å². The number of nitrogens with one attached hydrogen (secondary N) is 3. The van der Waals surface area contributed by atoms with Crippen molar-refractivity contribution in [3.63, 3.8) is 0 Å². The number of hydrogen-bond donors (Lipinski definition) is 3. The van der Waals surface area contributed by atoms with Crippen LogP contribution in [-0.2, 0) is 4.79 Å². The first-order chi connectivity index (χ1) is 13.1. The Labute approximate surface area is 190 Å². The summed E-state index contributed by atoms with van der Waals surface area (Å²) < 4.78 is 0. The third-order valence-corrected chi connectivity index (χ3v) is 4.83. The van der Waals surface area contributed by atoms with E-state index in [1.165, 1.54) is 32.4 Å². The normalized spacial score (nSPS) is 14.9. The highest BCUT2D eigenvalue weighted by atomic mass is 127. The Balaban J connectivity index is 0.00000392. The van der Waals surface area contributed by atoms with Gasteiger partial charge in [-0.2, -0.15) is 0 Å². The number of rotatable bonds is 8. The van der Waals surface area contributed by atoms with Crippen molar-refractivity contribution in [3.05, 3.63) is 28.8 Å². The van der Waals surface area contributed by atoms with Crippen LogP contribution in [-0.4, -0.2) is 56.0 Å². The van der Waals surface area contributed by atoms with Crippen LogP contribution in [0.25, 0.3) is 0 Å². The molecule has 6 nitrogen and oxygen atoms in total. The maximum Gasteiger partial charge on any atom is 0.226 e. The zero-order valence-electron chi connectivity index (χ0n) is 16.9. The number of hydrogen-bond acceptors (Lipinski definition) is 3. The van der Waals surface area contributed by atoms with E-state index in [4.69, 9.17) is 11.6 Å². The van der Waals surface area contributed by atoms with Crippen LogP contribution >= 0.6 is 35.6 Å². The Morgan fingerprint density at radius 2 is 1.96 bits per heavy atom. The highest BCUT2D eigenvalue weighted by Gasteiger charge is 2.09. The Hall–Kier alpha value is -1.06. The van der Waals surface area contributed by atoms with Gasteiger partial charge in [-0.1, -0.05) is 24.1 Å². The Morgan fingerprint density at radius 3 is 2.64 bits per heavy atom. The van der Waals surface area contributed by atoms with Crippen LogP contribution in [0.1, 0.15) is 38.2 Å². The van der Waals surface area contributed by atoms with Crippen molar-refractivity contribution in [3.8, 4) is 0 Å². The minimum absolute atomic E-state index is 0. The zero-order valence-corrected chi connectivity index (χ0v) is 20.0. The molecule has 1 saturated heterocycles. The molecule has 3 N–H and O–H groups in total. The van der Waals surface area contributed by atoms with Gasteiger partial charge < -0.3 is 20.9 Å². The molecule has 2 rings (SSSR count). The standard InChI is InChI=1S/C20H32ClN5O.HI/c1-3-22-20(24-11-14-26-12-5-4-6-13-26)23-10-9-19(27)25-18-8-7-16(2)15-17(18)21;/h7-8,15H,3-6,9-14H2,1-2H3,(H,25,27)(H2,22,23,24);1H. The SMILES string of the molecule is CCNC(=NCCN1CCCCC1)NCCC(=O)Nc1ccc(C)cc1Cl.I. The maximum atomic E-state index is 12.1. The van der Waals surface area contributed by atoms with E-state index in [9.17, 15) is 4.79 Å². The van der Waals surface area contributed by atoms with Crippen molar-refractivity contribution >= 4 is 53.1 Å². The summed E-state index contributed by atoms with van der Waals surface area (Å²) in [4.78, 5) is 19.2. The molecule has 1 aromatic carbocycles. The number of aryl methyl sites for hydroxylation is 1. The molecule has 0 atom stereocenters. The van der Waals surface area contributed by atoms with Crippen LogP contribution in [0.4, 0.5) is 5.69 Å². The van der Waals surface area contributed by atoms with Gasteiger partial charge in [0.05, 0.1) is 17.3 Å². The monoisotopic (exact) mass is 521 g/mol. The summed E-state index contributed by atoms with van der Waals surface area (Å²) in [6.07, 6.45) is 4.28. The topological polar surface area (TPSA) is 68.8 Å². The molecule has 1 amide bonds. The van der Waals surface area contributed by atoms with Crippen LogP contribution in [0.3, 0.4) is 0 Å². The van der Waals surface area contributed by atoms with E-state index >= 15 is 0 Å². The molecule has 1 fully saturated rings. The van der Waals surface area contributed by atoms with E-state index in [0.717, 1.165) is 31.2 Å². The van der Waals surface area contributed by atoms with Gasteiger partial charge in [0.15, 0.2) is 5.96 Å². The number of carbonyl (C=O) groups excluding carboxylic acids is 1. The molecule has 0 aliphatic carbocycles. The lowest BCUT2D eigenvalue weighted by Gasteiger charge is -2.25. The predicted molar refractivity (Wildman–Crippen MR) is 129 cm³/mol. The maximum absolute atomic E-state index is 12.1.